The molecule has 0 unspecified atom stereocenters. The van der Waals surface area contributed by atoms with E-state index in [1.54, 1.807) is 0 Å². The molecule has 0 radical (unpaired) electrons. The zero-order valence-corrected chi connectivity index (χ0v) is 15.7. The highest BCUT2D eigenvalue weighted by molar-refractivity contribution is 6.82. The highest BCUT2D eigenvalue weighted by Crippen LogP contribution is 2.38. The molecule has 0 atom stereocenters. The second kappa shape index (κ2) is 7.06. The first-order valence-electron chi connectivity index (χ1n) is 7.54. The lowest BCUT2D eigenvalue weighted by Gasteiger charge is -2.48. The van der Waals surface area contributed by atoms with Gasteiger partial charge in [0.1, 0.15) is 0 Å². The Hall–Kier alpha value is 0.134. The Morgan fingerprint density at radius 1 is 1.06 bits per heavy atom. The largest absolute Gasteiger partial charge is 0.411 e. The minimum atomic E-state index is -1.71. The summed E-state index contributed by atoms with van der Waals surface area (Å²) in [4.78, 5) is 0. The van der Waals surface area contributed by atoms with Crippen molar-refractivity contribution in [2.75, 3.05) is 0 Å². The summed E-state index contributed by atoms with van der Waals surface area (Å²) < 4.78 is 6.72. The topological polar surface area (TPSA) is 9.23 Å². The van der Waals surface area contributed by atoms with Crippen LogP contribution in [0.15, 0.2) is 12.3 Å². The third kappa shape index (κ3) is 4.35. The summed E-state index contributed by atoms with van der Waals surface area (Å²) in [7, 11) is -3.07. The molecule has 0 amide bonds. The molecule has 0 aromatic heterocycles. The van der Waals surface area contributed by atoms with Crippen molar-refractivity contribution in [1.29, 1.82) is 0 Å². The normalized spacial score (nSPS) is 13.7. The van der Waals surface area contributed by atoms with E-state index in [1.807, 2.05) is 0 Å². The van der Waals surface area contributed by atoms with Crippen molar-refractivity contribution in [3.8, 4) is 0 Å². The maximum Gasteiger partial charge on any atom is 0.210 e. The van der Waals surface area contributed by atoms with E-state index in [-0.39, 0.29) is 5.22 Å². The van der Waals surface area contributed by atoms with Crippen LogP contribution in [-0.4, -0.2) is 21.6 Å². The van der Waals surface area contributed by atoms with Crippen LogP contribution < -0.4 is 0 Å². The minimum Gasteiger partial charge on any atom is -0.411 e. The molecular formula is C15H34OSi2. The van der Waals surface area contributed by atoms with Crippen LogP contribution in [0.5, 0.6) is 0 Å². The fourth-order valence-corrected chi connectivity index (χ4v) is 9.76. The lowest BCUT2D eigenvalue weighted by atomic mass is 10.2. The minimum absolute atomic E-state index is 0.145. The van der Waals surface area contributed by atoms with Gasteiger partial charge in [0.2, 0.25) is 8.32 Å². The van der Waals surface area contributed by atoms with Gasteiger partial charge in [-0.15, -0.1) is 6.58 Å². The molecule has 0 aromatic carbocycles. The Balaban J connectivity index is 5.17. The number of rotatable bonds is 9. The van der Waals surface area contributed by atoms with Crippen LogP contribution in [0.25, 0.3) is 0 Å². The number of hydrogen-bond donors (Lipinski definition) is 0. The standard InChI is InChI=1S/C15H34OSi2/c1-9-13-14-17(5,6)15(10-2,11-3)16-18(7,8)12-4/h12H,4,9-11,13-14H2,1-3,5-8H3. The van der Waals surface area contributed by atoms with Gasteiger partial charge in [-0.3, -0.25) is 0 Å². The first kappa shape index (κ1) is 18.1. The summed E-state index contributed by atoms with van der Waals surface area (Å²) >= 11 is 0. The molecule has 0 rings (SSSR count). The van der Waals surface area contributed by atoms with E-state index >= 15 is 0 Å². The third-order valence-electron chi connectivity index (χ3n) is 4.48. The molecule has 0 spiro atoms. The van der Waals surface area contributed by atoms with E-state index in [2.05, 4.69) is 59.2 Å². The third-order valence-corrected chi connectivity index (χ3v) is 11.5. The van der Waals surface area contributed by atoms with Crippen molar-refractivity contribution in [2.45, 2.75) is 83.9 Å². The molecule has 0 aliphatic heterocycles. The quantitative estimate of drug-likeness (QED) is 0.506. The van der Waals surface area contributed by atoms with Gasteiger partial charge in [0.25, 0.3) is 0 Å². The van der Waals surface area contributed by atoms with Crippen LogP contribution in [0, 0.1) is 0 Å². The number of hydrogen-bond acceptors (Lipinski definition) is 1. The predicted octanol–water partition coefficient (Wildman–Crippen LogP) is 5.54. The monoisotopic (exact) mass is 286 g/mol. The second-order valence-electron chi connectivity index (χ2n) is 6.60. The van der Waals surface area contributed by atoms with Crippen LogP contribution in [-0.2, 0) is 4.43 Å². The number of unbranched alkanes of at least 4 members (excludes halogenated alkanes) is 1. The van der Waals surface area contributed by atoms with Gasteiger partial charge in [-0.2, -0.15) is 0 Å². The molecule has 0 fully saturated rings. The molecule has 108 valence electrons. The van der Waals surface area contributed by atoms with Crippen molar-refractivity contribution < 1.29 is 4.43 Å². The van der Waals surface area contributed by atoms with E-state index in [0.29, 0.717) is 0 Å². The fourth-order valence-electron chi connectivity index (χ4n) is 2.88. The van der Waals surface area contributed by atoms with Crippen LogP contribution in [0.2, 0.25) is 32.2 Å². The van der Waals surface area contributed by atoms with Gasteiger partial charge in [0, 0.05) is 5.22 Å². The lowest BCUT2D eigenvalue weighted by Crippen LogP contribution is -2.59. The van der Waals surface area contributed by atoms with E-state index in [0.717, 1.165) is 12.8 Å². The summed E-state index contributed by atoms with van der Waals surface area (Å²) in [6.45, 7) is 20.4. The lowest BCUT2D eigenvalue weighted by molar-refractivity contribution is 0.127. The Labute approximate surface area is 117 Å². The summed E-state index contributed by atoms with van der Waals surface area (Å²) in [6.07, 6.45) is 4.94. The van der Waals surface area contributed by atoms with E-state index in [9.17, 15) is 0 Å². The van der Waals surface area contributed by atoms with Crippen molar-refractivity contribution >= 4 is 16.4 Å². The van der Waals surface area contributed by atoms with Gasteiger partial charge in [-0.25, -0.2) is 0 Å². The summed E-state index contributed by atoms with van der Waals surface area (Å²) in [5.41, 5.74) is 2.08. The molecule has 1 nitrogen and oxygen atoms in total. The van der Waals surface area contributed by atoms with Crippen LogP contribution >= 0.6 is 0 Å². The van der Waals surface area contributed by atoms with Crippen LogP contribution in [0.1, 0.15) is 46.5 Å². The fraction of sp³-hybridized carbons (Fsp3) is 0.867. The molecular weight excluding hydrogens is 252 g/mol. The van der Waals surface area contributed by atoms with Gasteiger partial charge in [0.15, 0.2) is 0 Å². The molecule has 0 aliphatic rings. The Morgan fingerprint density at radius 2 is 1.56 bits per heavy atom. The average molecular weight is 287 g/mol. The first-order valence-corrected chi connectivity index (χ1v) is 13.7. The molecule has 0 saturated carbocycles. The molecule has 0 aliphatic carbocycles. The highest BCUT2D eigenvalue weighted by Gasteiger charge is 2.46. The summed E-state index contributed by atoms with van der Waals surface area (Å²) in [5.74, 6) is 0. The van der Waals surface area contributed by atoms with Gasteiger partial charge in [-0.1, -0.05) is 58.5 Å². The average Bonchev–Trinajstić information content (AvgIpc) is 2.33. The van der Waals surface area contributed by atoms with Crippen molar-refractivity contribution in [1.82, 2.24) is 0 Å². The molecule has 0 saturated heterocycles. The van der Waals surface area contributed by atoms with Gasteiger partial charge in [0.05, 0.1) is 8.07 Å². The molecule has 18 heavy (non-hydrogen) atoms. The molecule has 0 heterocycles. The van der Waals surface area contributed by atoms with Gasteiger partial charge < -0.3 is 4.43 Å². The van der Waals surface area contributed by atoms with Gasteiger partial charge >= 0.3 is 0 Å². The zero-order valence-electron chi connectivity index (χ0n) is 13.7. The van der Waals surface area contributed by atoms with Crippen molar-refractivity contribution in [3.05, 3.63) is 12.3 Å². The maximum atomic E-state index is 6.72. The molecule has 0 bridgehead atoms. The van der Waals surface area contributed by atoms with Crippen molar-refractivity contribution in [3.63, 3.8) is 0 Å². The highest BCUT2D eigenvalue weighted by atomic mass is 28.4. The Bertz CT molecular complexity index is 255. The van der Waals surface area contributed by atoms with Crippen LogP contribution in [0.3, 0.4) is 0 Å². The first-order chi connectivity index (χ1) is 8.20. The molecule has 0 N–H and O–H groups in total. The van der Waals surface area contributed by atoms with E-state index in [1.165, 1.54) is 18.9 Å². The molecule has 3 heteroatoms. The van der Waals surface area contributed by atoms with Gasteiger partial charge in [-0.05, 0) is 25.9 Å². The summed E-state index contributed by atoms with van der Waals surface area (Å²) in [5, 5.41) is 0.145. The summed E-state index contributed by atoms with van der Waals surface area (Å²) in [6, 6.07) is 1.38. The second-order valence-corrected chi connectivity index (χ2v) is 15.6. The smallest absolute Gasteiger partial charge is 0.210 e. The predicted molar refractivity (Wildman–Crippen MR) is 89.3 cm³/mol. The van der Waals surface area contributed by atoms with E-state index < -0.39 is 16.4 Å². The molecule has 0 aromatic rings. The maximum absolute atomic E-state index is 6.72. The van der Waals surface area contributed by atoms with Crippen LogP contribution in [0.4, 0.5) is 0 Å². The Morgan fingerprint density at radius 3 is 1.89 bits per heavy atom. The Kier molecular flexibility index (Phi) is 7.11. The van der Waals surface area contributed by atoms with E-state index in [4.69, 9.17) is 4.43 Å². The van der Waals surface area contributed by atoms with Crippen molar-refractivity contribution in [2.24, 2.45) is 0 Å². The SMILES string of the molecule is C=C[Si](C)(C)OC(CC)(CC)[Si](C)(C)CCCC. The zero-order chi connectivity index (χ0) is 14.4.